The molecule has 39 heavy (non-hydrogen) atoms. The number of amides is 1. The summed E-state index contributed by atoms with van der Waals surface area (Å²) in [7, 11) is 0. The molecule has 196 valence electrons. The topological polar surface area (TPSA) is 119 Å². The van der Waals surface area contributed by atoms with E-state index in [2.05, 4.69) is 37.1 Å². The molecular weight excluding hydrogens is 520 g/mol. The van der Waals surface area contributed by atoms with Gasteiger partial charge < -0.3 is 16.4 Å². The number of rotatable bonds is 8. The van der Waals surface area contributed by atoms with Crippen LogP contribution in [0.1, 0.15) is 33.5 Å². The van der Waals surface area contributed by atoms with Crippen molar-refractivity contribution < 1.29 is 13.6 Å². The number of nitrogen functional groups attached to an aromatic ring is 1. The first-order chi connectivity index (χ1) is 18.8. The van der Waals surface area contributed by atoms with Crippen molar-refractivity contribution in [3.05, 3.63) is 101 Å². The Labute approximate surface area is 226 Å². The maximum absolute atomic E-state index is 13.6. The normalized spacial score (nSPS) is 10.9. The molecule has 4 N–H and O–H groups in total. The van der Waals surface area contributed by atoms with Gasteiger partial charge in [-0.25, -0.2) is 28.7 Å². The molecule has 0 radical (unpaired) electrons. The van der Waals surface area contributed by atoms with Crippen molar-refractivity contribution in [2.75, 3.05) is 11.1 Å². The molecule has 8 nitrogen and oxygen atoms in total. The Morgan fingerprint density at radius 1 is 1.03 bits per heavy atom. The molecule has 0 aliphatic heterocycles. The van der Waals surface area contributed by atoms with Gasteiger partial charge in [0.2, 0.25) is 0 Å². The van der Waals surface area contributed by atoms with E-state index in [-0.39, 0.29) is 18.1 Å². The van der Waals surface area contributed by atoms with Gasteiger partial charge in [0, 0.05) is 21.7 Å². The van der Waals surface area contributed by atoms with Crippen LogP contribution in [0.3, 0.4) is 0 Å². The largest absolute Gasteiger partial charge is 0.383 e. The van der Waals surface area contributed by atoms with E-state index in [1.807, 2.05) is 30.3 Å². The number of thiophene rings is 1. The average molecular weight is 544 g/mol. The third-order valence-electron chi connectivity index (χ3n) is 5.90. The molecule has 0 spiro atoms. The second-order valence-electron chi connectivity index (χ2n) is 8.77. The minimum atomic E-state index is -0.982. The molecule has 0 bridgehead atoms. The van der Waals surface area contributed by atoms with Crippen molar-refractivity contribution in [1.29, 1.82) is 0 Å². The molecular formula is C28H23F2N7OS. The third-order valence-corrected chi connectivity index (χ3v) is 7.04. The quantitative estimate of drug-likeness (QED) is 0.234. The first-order valence-corrected chi connectivity index (χ1v) is 12.7. The SMILES string of the molecule is C=C(C)c1cnc(NCc2ccc(-c3ccc4ncnc(N)c4c3)s2)c(C(=O)NCc2ccc(F)c(F)c2)n1. The van der Waals surface area contributed by atoms with Crippen LogP contribution in [0.2, 0.25) is 0 Å². The fraction of sp³-hybridized carbons (Fsp3) is 0.107. The number of anilines is 2. The van der Waals surface area contributed by atoms with Crippen LogP contribution in [0.25, 0.3) is 26.9 Å². The van der Waals surface area contributed by atoms with Gasteiger partial charge in [0.05, 0.1) is 24.0 Å². The van der Waals surface area contributed by atoms with Gasteiger partial charge >= 0.3 is 0 Å². The summed E-state index contributed by atoms with van der Waals surface area (Å²) in [5, 5.41) is 6.67. The summed E-state index contributed by atoms with van der Waals surface area (Å²) in [6.07, 6.45) is 2.98. The van der Waals surface area contributed by atoms with Crippen molar-refractivity contribution in [2.24, 2.45) is 0 Å². The molecule has 5 rings (SSSR count). The van der Waals surface area contributed by atoms with Crippen molar-refractivity contribution in [3.8, 4) is 10.4 Å². The molecule has 0 atom stereocenters. The summed E-state index contributed by atoms with van der Waals surface area (Å²) < 4.78 is 26.8. The summed E-state index contributed by atoms with van der Waals surface area (Å²) in [5.74, 6) is -1.74. The summed E-state index contributed by atoms with van der Waals surface area (Å²) >= 11 is 1.58. The predicted molar refractivity (Wildman–Crippen MR) is 149 cm³/mol. The molecule has 5 aromatic rings. The van der Waals surface area contributed by atoms with Crippen LogP contribution in [-0.4, -0.2) is 25.8 Å². The predicted octanol–water partition coefficient (Wildman–Crippen LogP) is 5.58. The monoisotopic (exact) mass is 543 g/mol. The minimum absolute atomic E-state index is 0.00987. The lowest BCUT2D eigenvalue weighted by atomic mass is 10.1. The highest BCUT2D eigenvalue weighted by Gasteiger charge is 2.17. The fourth-order valence-corrected chi connectivity index (χ4v) is 4.77. The van der Waals surface area contributed by atoms with Gasteiger partial charge in [0.15, 0.2) is 23.1 Å². The van der Waals surface area contributed by atoms with Crippen molar-refractivity contribution in [3.63, 3.8) is 0 Å². The van der Waals surface area contributed by atoms with Crippen LogP contribution >= 0.6 is 11.3 Å². The highest BCUT2D eigenvalue weighted by atomic mass is 32.1. The standard InChI is InChI=1S/C28H23F2N7OS/c1-15(2)23-13-33-27(25(37-23)28(38)34-11-16-3-6-20(29)21(30)9-16)32-12-18-5-8-24(39-18)17-4-7-22-19(10-17)26(31)36-14-35-22/h3-10,13-14H,1,11-12H2,2H3,(H,32,33)(H,34,38)(H2,31,35,36). The van der Waals surface area contributed by atoms with Crippen LogP contribution in [0.4, 0.5) is 20.4 Å². The Morgan fingerprint density at radius 2 is 1.87 bits per heavy atom. The van der Waals surface area contributed by atoms with Crippen molar-refractivity contribution in [2.45, 2.75) is 20.0 Å². The molecule has 0 aliphatic rings. The number of carbonyl (C=O) groups excluding carboxylic acids is 1. The second-order valence-corrected chi connectivity index (χ2v) is 9.94. The Kier molecular flexibility index (Phi) is 7.24. The molecule has 3 aromatic heterocycles. The minimum Gasteiger partial charge on any atom is -0.383 e. The molecule has 1 amide bonds. The lowest BCUT2D eigenvalue weighted by Gasteiger charge is -2.12. The van der Waals surface area contributed by atoms with Crippen LogP contribution < -0.4 is 16.4 Å². The van der Waals surface area contributed by atoms with Gasteiger partial charge in [0.1, 0.15) is 12.1 Å². The number of hydrogen-bond donors (Lipinski definition) is 3. The molecule has 3 heterocycles. The number of nitrogens with zero attached hydrogens (tertiary/aromatic N) is 4. The van der Waals surface area contributed by atoms with Gasteiger partial charge in [0.25, 0.3) is 5.91 Å². The second kappa shape index (κ2) is 10.9. The van der Waals surface area contributed by atoms with E-state index in [1.165, 1.54) is 18.6 Å². The highest BCUT2D eigenvalue weighted by Crippen LogP contribution is 2.31. The van der Waals surface area contributed by atoms with Gasteiger partial charge in [-0.3, -0.25) is 4.79 Å². The number of carbonyl (C=O) groups is 1. The smallest absolute Gasteiger partial charge is 0.274 e. The number of hydrogen-bond acceptors (Lipinski definition) is 8. The van der Waals surface area contributed by atoms with Gasteiger partial charge in [-0.1, -0.05) is 18.7 Å². The molecule has 0 unspecified atom stereocenters. The number of allylic oxidation sites excluding steroid dienone is 1. The van der Waals surface area contributed by atoms with Gasteiger partial charge in [-0.05, 0) is 60.0 Å². The average Bonchev–Trinajstić information content (AvgIpc) is 3.41. The number of fused-ring (bicyclic) bond motifs is 1. The first kappa shape index (κ1) is 25.9. The summed E-state index contributed by atoms with van der Waals surface area (Å²) in [5.41, 5.74) is 9.37. The van der Waals surface area contributed by atoms with Gasteiger partial charge in [-0.15, -0.1) is 11.3 Å². The Hall–Kier alpha value is -4.77. The van der Waals surface area contributed by atoms with E-state index in [4.69, 9.17) is 5.73 Å². The van der Waals surface area contributed by atoms with E-state index in [1.54, 1.807) is 18.3 Å². The Bertz CT molecular complexity index is 1720. The number of aromatic nitrogens is 4. The Morgan fingerprint density at radius 3 is 2.67 bits per heavy atom. The molecule has 0 saturated carbocycles. The number of benzene rings is 2. The maximum atomic E-state index is 13.6. The molecule has 0 aliphatic carbocycles. The van der Waals surface area contributed by atoms with Gasteiger partial charge in [-0.2, -0.15) is 0 Å². The number of nitrogens with two attached hydrogens (primary N) is 1. The highest BCUT2D eigenvalue weighted by molar-refractivity contribution is 7.15. The van der Waals surface area contributed by atoms with Crippen LogP contribution in [0.5, 0.6) is 0 Å². The third kappa shape index (κ3) is 5.73. The molecule has 2 aromatic carbocycles. The van der Waals surface area contributed by atoms with E-state index in [9.17, 15) is 13.6 Å². The maximum Gasteiger partial charge on any atom is 0.274 e. The van der Waals surface area contributed by atoms with E-state index < -0.39 is 17.5 Å². The summed E-state index contributed by atoms with van der Waals surface area (Å²) in [4.78, 5) is 32.2. The van der Waals surface area contributed by atoms with Crippen LogP contribution in [-0.2, 0) is 13.1 Å². The number of halogens is 2. The Balaban J connectivity index is 1.33. The molecule has 0 saturated heterocycles. The fourth-order valence-electron chi connectivity index (χ4n) is 3.83. The zero-order valence-corrected chi connectivity index (χ0v) is 21.6. The van der Waals surface area contributed by atoms with Crippen LogP contribution in [0.15, 0.2) is 67.6 Å². The van der Waals surface area contributed by atoms with E-state index >= 15 is 0 Å². The number of nitrogens with one attached hydrogen (secondary N) is 2. The summed E-state index contributed by atoms with van der Waals surface area (Å²) in [6.45, 7) is 6.02. The lowest BCUT2D eigenvalue weighted by molar-refractivity contribution is 0.0946. The van der Waals surface area contributed by atoms with E-state index in [0.717, 1.165) is 38.4 Å². The van der Waals surface area contributed by atoms with E-state index in [0.29, 0.717) is 29.2 Å². The van der Waals surface area contributed by atoms with Crippen molar-refractivity contribution in [1.82, 2.24) is 25.3 Å². The summed E-state index contributed by atoms with van der Waals surface area (Å²) in [6, 6.07) is 13.3. The van der Waals surface area contributed by atoms with Crippen molar-refractivity contribution >= 4 is 45.4 Å². The van der Waals surface area contributed by atoms with Crippen LogP contribution in [0, 0.1) is 11.6 Å². The lowest BCUT2D eigenvalue weighted by Crippen LogP contribution is -2.26. The first-order valence-electron chi connectivity index (χ1n) is 11.9. The zero-order valence-electron chi connectivity index (χ0n) is 20.8. The zero-order chi connectivity index (χ0) is 27.5. The molecule has 11 heteroatoms. The molecule has 0 fully saturated rings.